The molecule has 1 aromatic carbocycles. The van der Waals surface area contributed by atoms with Gasteiger partial charge in [0, 0.05) is 11.1 Å². The molecule has 1 aliphatic carbocycles. The predicted molar refractivity (Wildman–Crippen MR) is 73.4 cm³/mol. The Kier molecular flexibility index (Phi) is 4.42. The molecule has 1 aromatic rings. The molecule has 0 atom stereocenters. The van der Waals surface area contributed by atoms with E-state index in [0.717, 1.165) is 31.4 Å². The Morgan fingerprint density at radius 2 is 1.53 bits per heavy atom. The molecule has 0 unspecified atom stereocenters. The maximum atomic E-state index is 9.44. The van der Waals surface area contributed by atoms with Crippen LogP contribution in [0.15, 0.2) is 12.1 Å². The van der Waals surface area contributed by atoms with E-state index in [0.29, 0.717) is 21.1 Å². The minimum Gasteiger partial charge on any atom is -0.393 e. The van der Waals surface area contributed by atoms with E-state index in [2.05, 4.69) is 5.32 Å². The number of halogens is 3. The van der Waals surface area contributed by atoms with Crippen LogP contribution in [0, 0.1) is 0 Å². The molecule has 1 fully saturated rings. The normalized spacial score (nSPS) is 24.7. The Morgan fingerprint density at radius 1 is 1.00 bits per heavy atom. The van der Waals surface area contributed by atoms with Crippen molar-refractivity contribution >= 4 is 40.5 Å². The molecule has 2 N–H and O–H groups in total. The fourth-order valence-electron chi connectivity index (χ4n) is 2.10. The molecule has 94 valence electrons. The van der Waals surface area contributed by atoms with Crippen LogP contribution in [0.3, 0.4) is 0 Å². The highest BCUT2D eigenvalue weighted by atomic mass is 35.5. The van der Waals surface area contributed by atoms with Crippen molar-refractivity contribution in [3.8, 4) is 0 Å². The van der Waals surface area contributed by atoms with E-state index in [-0.39, 0.29) is 6.10 Å². The number of anilines is 1. The fraction of sp³-hybridized carbons (Fsp3) is 0.500. The monoisotopic (exact) mass is 293 g/mol. The quantitative estimate of drug-likeness (QED) is 0.849. The lowest BCUT2D eigenvalue weighted by molar-refractivity contribution is 0.126. The maximum absolute atomic E-state index is 9.44. The van der Waals surface area contributed by atoms with Crippen LogP contribution in [0.4, 0.5) is 5.69 Å². The lowest BCUT2D eigenvalue weighted by atomic mass is 9.93. The highest BCUT2D eigenvalue weighted by Gasteiger charge is 2.20. The molecule has 17 heavy (non-hydrogen) atoms. The van der Waals surface area contributed by atoms with E-state index >= 15 is 0 Å². The van der Waals surface area contributed by atoms with Crippen molar-refractivity contribution in [2.75, 3.05) is 5.32 Å². The van der Waals surface area contributed by atoms with Crippen LogP contribution >= 0.6 is 34.8 Å². The number of hydrogen-bond acceptors (Lipinski definition) is 2. The zero-order valence-corrected chi connectivity index (χ0v) is 11.5. The smallest absolute Gasteiger partial charge is 0.0722 e. The molecule has 1 aliphatic rings. The average molecular weight is 295 g/mol. The summed E-state index contributed by atoms with van der Waals surface area (Å²) in [6.45, 7) is 0. The Morgan fingerprint density at radius 3 is 2.06 bits per heavy atom. The minimum absolute atomic E-state index is 0.163. The average Bonchev–Trinajstić information content (AvgIpc) is 2.26. The molecular weight excluding hydrogens is 280 g/mol. The summed E-state index contributed by atoms with van der Waals surface area (Å²) in [5, 5.41) is 14.4. The number of nitrogens with one attached hydrogen (secondary N) is 1. The highest BCUT2D eigenvalue weighted by Crippen LogP contribution is 2.35. The van der Waals surface area contributed by atoms with Crippen LogP contribution < -0.4 is 5.32 Å². The van der Waals surface area contributed by atoms with Gasteiger partial charge in [0.05, 0.1) is 21.8 Å². The van der Waals surface area contributed by atoms with Crippen molar-refractivity contribution in [1.29, 1.82) is 0 Å². The number of aliphatic hydroxyl groups is 1. The molecule has 0 amide bonds. The van der Waals surface area contributed by atoms with Crippen molar-refractivity contribution in [3.05, 3.63) is 27.2 Å². The predicted octanol–water partition coefficient (Wildman–Crippen LogP) is 4.36. The number of aliphatic hydroxyl groups excluding tert-OH is 1. The third-order valence-electron chi connectivity index (χ3n) is 3.05. The van der Waals surface area contributed by atoms with Crippen molar-refractivity contribution < 1.29 is 5.11 Å². The van der Waals surface area contributed by atoms with Crippen LogP contribution in [0.2, 0.25) is 15.1 Å². The van der Waals surface area contributed by atoms with E-state index in [1.54, 1.807) is 12.1 Å². The second kappa shape index (κ2) is 5.66. The van der Waals surface area contributed by atoms with E-state index < -0.39 is 0 Å². The second-order valence-electron chi connectivity index (χ2n) is 4.39. The third kappa shape index (κ3) is 3.41. The zero-order chi connectivity index (χ0) is 12.4. The molecule has 0 aromatic heterocycles. The molecule has 0 heterocycles. The first-order valence-electron chi connectivity index (χ1n) is 5.65. The summed E-state index contributed by atoms with van der Waals surface area (Å²) in [7, 11) is 0. The van der Waals surface area contributed by atoms with Gasteiger partial charge in [-0.3, -0.25) is 0 Å². The molecule has 5 heteroatoms. The Hall–Kier alpha value is -0.150. The van der Waals surface area contributed by atoms with Gasteiger partial charge in [0.15, 0.2) is 0 Å². The van der Waals surface area contributed by atoms with Gasteiger partial charge in [-0.2, -0.15) is 0 Å². The van der Waals surface area contributed by atoms with Gasteiger partial charge in [0.25, 0.3) is 0 Å². The SMILES string of the molecule is OC1CCC(Nc2c(Cl)cc(Cl)cc2Cl)CC1. The molecule has 0 bridgehead atoms. The second-order valence-corrected chi connectivity index (χ2v) is 5.65. The fourth-order valence-corrected chi connectivity index (χ4v) is 3.03. The number of rotatable bonds is 2. The van der Waals surface area contributed by atoms with E-state index in [4.69, 9.17) is 34.8 Å². The first-order valence-corrected chi connectivity index (χ1v) is 6.79. The van der Waals surface area contributed by atoms with Crippen molar-refractivity contribution in [2.45, 2.75) is 37.8 Å². The van der Waals surface area contributed by atoms with Gasteiger partial charge in [0.2, 0.25) is 0 Å². The molecule has 1 saturated carbocycles. The Labute approximate surface area is 116 Å². The van der Waals surface area contributed by atoms with Crippen molar-refractivity contribution in [3.63, 3.8) is 0 Å². The van der Waals surface area contributed by atoms with Gasteiger partial charge in [-0.05, 0) is 37.8 Å². The van der Waals surface area contributed by atoms with Crippen molar-refractivity contribution in [1.82, 2.24) is 0 Å². The topological polar surface area (TPSA) is 32.3 Å². The van der Waals surface area contributed by atoms with Crippen LogP contribution in [-0.2, 0) is 0 Å². The maximum Gasteiger partial charge on any atom is 0.0722 e. The lowest BCUT2D eigenvalue weighted by Crippen LogP contribution is -2.28. The molecule has 0 spiro atoms. The summed E-state index contributed by atoms with van der Waals surface area (Å²) in [5.41, 5.74) is 0.735. The molecule has 2 rings (SSSR count). The molecule has 2 nitrogen and oxygen atoms in total. The van der Waals surface area contributed by atoms with E-state index in [9.17, 15) is 5.11 Å². The number of hydrogen-bond donors (Lipinski definition) is 2. The summed E-state index contributed by atoms with van der Waals surface area (Å²) in [4.78, 5) is 0. The van der Waals surface area contributed by atoms with E-state index in [1.807, 2.05) is 0 Å². The lowest BCUT2D eigenvalue weighted by Gasteiger charge is -2.27. The standard InChI is InChI=1S/C12H14Cl3NO/c13-7-5-10(14)12(11(15)6-7)16-8-1-3-9(17)4-2-8/h5-6,8-9,16-17H,1-4H2. The molecular formula is C12H14Cl3NO. The van der Waals surface area contributed by atoms with Gasteiger partial charge >= 0.3 is 0 Å². The van der Waals surface area contributed by atoms with Gasteiger partial charge in [-0.25, -0.2) is 0 Å². The van der Waals surface area contributed by atoms with Gasteiger partial charge in [-0.1, -0.05) is 34.8 Å². The largest absolute Gasteiger partial charge is 0.393 e. The highest BCUT2D eigenvalue weighted by molar-refractivity contribution is 6.41. The minimum atomic E-state index is -0.163. The summed E-state index contributed by atoms with van der Waals surface area (Å²) < 4.78 is 0. The van der Waals surface area contributed by atoms with Gasteiger partial charge < -0.3 is 10.4 Å². The molecule has 0 radical (unpaired) electrons. The summed E-state index contributed by atoms with van der Waals surface area (Å²) >= 11 is 18.1. The van der Waals surface area contributed by atoms with Crippen LogP contribution in [0.5, 0.6) is 0 Å². The van der Waals surface area contributed by atoms with Crippen LogP contribution in [-0.4, -0.2) is 17.3 Å². The first kappa shape index (κ1) is 13.3. The zero-order valence-electron chi connectivity index (χ0n) is 9.22. The van der Waals surface area contributed by atoms with Crippen LogP contribution in [0.1, 0.15) is 25.7 Å². The van der Waals surface area contributed by atoms with Crippen LogP contribution in [0.25, 0.3) is 0 Å². The summed E-state index contributed by atoms with van der Waals surface area (Å²) in [6, 6.07) is 3.67. The summed E-state index contributed by atoms with van der Waals surface area (Å²) in [5.74, 6) is 0. The van der Waals surface area contributed by atoms with E-state index in [1.165, 1.54) is 0 Å². The van der Waals surface area contributed by atoms with Gasteiger partial charge in [-0.15, -0.1) is 0 Å². The third-order valence-corrected chi connectivity index (χ3v) is 3.87. The Balaban J connectivity index is 2.08. The number of benzene rings is 1. The summed E-state index contributed by atoms with van der Waals surface area (Å²) in [6.07, 6.45) is 3.33. The Bertz CT molecular complexity index is 380. The first-order chi connectivity index (χ1) is 8.06. The van der Waals surface area contributed by atoms with Gasteiger partial charge in [0.1, 0.15) is 0 Å². The molecule has 0 saturated heterocycles. The molecule has 0 aliphatic heterocycles. The van der Waals surface area contributed by atoms with Crippen molar-refractivity contribution in [2.24, 2.45) is 0 Å².